The number of rotatable bonds is 5. The number of methoxy groups -OCH3 is 1. The van der Waals surface area contributed by atoms with Crippen LogP contribution in [0, 0.1) is 13.8 Å². The molecule has 1 unspecified atom stereocenters. The molecule has 0 spiro atoms. The Morgan fingerprint density at radius 1 is 0.821 bits per heavy atom. The molecule has 3 rings (SSSR count). The number of benzene rings is 2. The molecular weight excluding hydrogens is 360 g/mol. The third-order valence-corrected chi connectivity index (χ3v) is 4.64. The molecule has 1 saturated heterocycles. The second-order valence-corrected chi connectivity index (χ2v) is 6.85. The largest absolute Gasteiger partial charge is 0.455 e. The SMILES string of the molecule is COC1C[C@H](OC(=O)c2ccc(C)cc2)[C@H](OC(=O)c2ccc(C)cc2)CO1. The summed E-state index contributed by atoms with van der Waals surface area (Å²) in [6.45, 7) is 3.97. The van der Waals surface area contributed by atoms with Gasteiger partial charge in [-0.1, -0.05) is 35.4 Å². The van der Waals surface area contributed by atoms with Gasteiger partial charge in [0.1, 0.15) is 6.10 Å². The van der Waals surface area contributed by atoms with Gasteiger partial charge in [0.15, 0.2) is 12.4 Å². The van der Waals surface area contributed by atoms with Crippen LogP contribution < -0.4 is 0 Å². The zero-order valence-corrected chi connectivity index (χ0v) is 16.2. The summed E-state index contributed by atoms with van der Waals surface area (Å²) in [7, 11) is 1.52. The highest BCUT2D eigenvalue weighted by Gasteiger charge is 2.37. The fraction of sp³-hybridized carbons (Fsp3) is 0.364. The quantitative estimate of drug-likeness (QED) is 0.736. The summed E-state index contributed by atoms with van der Waals surface area (Å²) in [6.07, 6.45) is -1.62. The molecule has 0 amide bonds. The molecule has 6 nitrogen and oxygen atoms in total. The number of aryl methyl sites for hydroxylation is 2. The van der Waals surface area contributed by atoms with Crippen molar-refractivity contribution in [2.75, 3.05) is 13.7 Å². The number of ether oxygens (including phenoxy) is 4. The Labute approximate surface area is 164 Å². The van der Waals surface area contributed by atoms with E-state index in [1.807, 2.05) is 38.1 Å². The molecule has 2 aromatic rings. The van der Waals surface area contributed by atoms with E-state index in [2.05, 4.69) is 0 Å². The molecule has 0 radical (unpaired) electrons. The van der Waals surface area contributed by atoms with Gasteiger partial charge in [0.2, 0.25) is 0 Å². The number of esters is 2. The maximum Gasteiger partial charge on any atom is 0.338 e. The Morgan fingerprint density at radius 2 is 1.29 bits per heavy atom. The summed E-state index contributed by atoms with van der Waals surface area (Å²) < 4.78 is 22.0. The molecule has 6 heteroatoms. The molecule has 1 aliphatic heterocycles. The topological polar surface area (TPSA) is 71.1 Å². The van der Waals surface area contributed by atoms with Gasteiger partial charge in [-0.3, -0.25) is 0 Å². The maximum atomic E-state index is 12.5. The predicted molar refractivity (Wildman–Crippen MR) is 102 cm³/mol. The monoisotopic (exact) mass is 384 g/mol. The highest BCUT2D eigenvalue weighted by Crippen LogP contribution is 2.23. The first-order valence-corrected chi connectivity index (χ1v) is 9.16. The minimum Gasteiger partial charge on any atom is -0.455 e. The molecule has 0 aromatic heterocycles. The number of hydrogen-bond acceptors (Lipinski definition) is 6. The minimum absolute atomic E-state index is 0.0853. The van der Waals surface area contributed by atoms with Crippen LogP contribution in [0.25, 0.3) is 0 Å². The highest BCUT2D eigenvalue weighted by molar-refractivity contribution is 5.90. The summed E-state index contributed by atoms with van der Waals surface area (Å²) in [5.74, 6) is -0.959. The van der Waals surface area contributed by atoms with E-state index in [9.17, 15) is 9.59 Å². The van der Waals surface area contributed by atoms with Gasteiger partial charge in [0.25, 0.3) is 0 Å². The zero-order chi connectivity index (χ0) is 20.1. The van der Waals surface area contributed by atoms with E-state index in [-0.39, 0.29) is 13.0 Å². The van der Waals surface area contributed by atoms with Gasteiger partial charge in [0, 0.05) is 13.5 Å². The summed E-state index contributed by atoms with van der Waals surface area (Å²) in [5.41, 5.74) is 2.97. The molecule has 3 atom stereocenters. The van der Waals surface area contributed by atoms with Gasteiger partial charge >= 0.3 is 11.9 Å². The van der Waals surface area contributed by atoms with E-state index >= 15 is 0 Å². The fourth-order valence-corrected chi connectivity index (χ4v) is 2.91. The van der Waals surface area contributed by atoms with E-state index in [0.29, 0.717) is 11.1 Å². The van der Waals surface area contributed by atoms with Crippen molar-refractivity contribution in [1.29, 1.82) is 0 Å². The summed E-state index contributed by atoms with van der Waals surface area (Å²) in [4.78, 5) is 25.0. The fourth-order valence-electron chi connectivity index (χ4n) is 2.91. The number of hydrogen-bond donors (Lipinski definition) is 0. The van der Waals surface area contributed by atoms with Crippen LogP contribution in [0.3, 0.4) is 0 Å². The smallest absolute Gasteiger partial charge is 0.338 e. The molecule has 2 aromatic carbocycles. The van der Waals surface area contributed by atoms with Crippen molar-refractivity contribution < 1.29 is 28.5 Å². The lowest BCUT2D eigenvalue weighted by atomic mass is 10.1. The summed E-state index contributed by atoms with van der Waals surface area (Å²) in [6, 6.07) is 14.2. The van der Waals surface area contributed by atoms with Gasteiger partial charge < -0.3 is 18.9 Å². The van der Waals surface area contributed by atoms with Crippen LogP contribution in [0.4, 0.5) is 0 Å². The Balaban J connectivity index is 1.70. The first kappa shape index (κ1) is 20.0. The zero-order valence-electron chi connectivity index (χ0n) is 16.2. The van der Waals surface area contributed by atoms with E-state index in [0.717, 1.165) is 11.1 Å². The van der Waals surface area contributed by atoms with Crippen molar-refractivity contribution in [3.05, 3.63) is 70.8 Å². The highest BCUT2D eigenvalue weighted by atomic mass is 16.7. The molecule has 0 saturated carbocycles. The summed E-state index contributed by atoms with van der Waals surface area (Å²) >= 11 is 0. The molecule has 148 valence electrons. The number of carbonyl (C=O) groups excluding carboxylic acids is 2. The van der Waals surface area contributed by atoms with Crippen molar-refractivity contribution in [2.24, 2.45) is 0 Å². The molecule has 1 fully saturated rings. The van der Waals surface area contributed by atoms with E-state index in [1.54, 1.807) is 24.3 Å². The minimum atomic E-state index is -0.713. The summed E-state index contributed by atoms with van der Waals surface area (Å²) in [5, 5.41) is 0. The van der Waals surface area contributed by atoms with Crippen LogP contribution in [0.1, 0.15) is 38.3 Å². The predicted octanol–water partition coefficient (Wildman–Crippen LogP) is 3.45. The van der Waals surface area contributed by atoms with Gasteiger partial charge in [-0.25, -0.2) is 9.59 Å². The van der Waals surface area contributed by atoms with Crippen LogP contribution >= 0.6 is 0 Å². The van der Waals surface area contributed by atoms with E-state index in [4.69, 9.17) is 18.9 Å². The van der Waals surface area contributed by atoms with E-state index < -0.39 is 30.4 Å². The van der Waals surface area contributed by atoms with Crippen molar-refractivity contribution in [3.63, 3.8) is 0 Å². The van der Waals surface area contributed by atoms with Crippen molar-refractivity contribution in [2.45, 2.75) is 38.8 Å². The van der Waals surface area contributed by atoms with E-state index in [1.165, 1.54) is 7.11 Å². The normalized spacial score (nSPS) is 21.8. The van der Waals surface area contributed by atoms with Crippen molar-refractivity contribution in [3.8, 4) is 0 Å². The maximum absolute atomic E-state index is 12.5. The number of carbonyl (C=O) groups is 2. The van der Waals surface area contributed by atoms with Crippen LogP contribution in [0.2, 0.25) is 0 Å². The third-order valence-electron chi connectivity index (χ3n) is 4.64. The Kier molecular flexibility index (Phi) is 6.44. The standard InChI is InChI=1S/C22H24O6/c1-14-4-8-16(9-5-14)21(23)27-18-12-20(25-3)26-13-19(18)28-22(24)17-10-6-15(2)7-11-17/h4-11,18-20H,12-13H2,1-3H3/t18-,19+,20?/m0/s1. The van der Waals surface area contributed by atoms with Gasteiger partial charge in [0.05, 0.1) is 17.7 Å². The van der Waals surface area contributed by atoms with Gasteiger partial charge in [-0.05, 0) is 38.1 Å². The molecule has 0 N–H and O–H groups in total. The molecule has 1 heterocycles. The second kappa shape index (κ2) is 8.99. The molecule has 0 bridgehead atoms. The van der Waals surface area contributed by atoms with Crippen LogP contribution in [-0.4, -0.2) is 44.2 Å². The first-order chi connectivity index (χ1) is 13.5. The Morgan fingerprint density at radius 3 is 1.75 bits per heavy atom. The van der Waals surface area contributed by atoms with Crippen LogP contribution in [-0.2, 0) is 18.9 Å². The lowest BCUT2D eigenvalue weighted by Crippen LogP contribution is -2.46. The Hall–Kier alpha value is -2.70. The second-order valence-electron chi connectivity index (χ2n) is 6.85. The van der Waals surface area contributed by atoms with Crippen LogP contribution in [0.15, 0.2) is 48.5 Å². The molecule has 0 aliphatic carbocycles. The van der Waals surface area contributed by atoms with Crippen LogP contribution in [0.5, 0.6) is 0 Å². The lowest BCUT2D eigenvalue weighted by molar-refractivity contribution is -0.206. The average molecular weight is 384 g/mol. The first-order valence-electron chi connectivity index (χ1n) is 9.16. The van der Waals surface area contributed by atoms with Gasteiger partial charge in [-0.15, -0.1) is 0 Å². The van der Waals surface area contributed by atoms with Gasteiger partial charge in [-0.2, -0.15) is 0 Å². The lowest BCUT2D eigenvalue weighted by Gasteiger charge is -2.34. The molecule has 28 heavy (non-hydrogen) atoms. The average Bonchev–Trinajstić information content (AvgIpc) is 2.70. The third kappa shape index (κ3) is 4.97. The molecule has 1 aliphatic rings. The van der Waals surface area contributed by atoms with Crippen molar-refractivity contribution in [1.82, 2.24) is 0 Å². The Bertz CT molecular complexity index is 812. The van der Waals surface area contributed by atoms with Crippen molar-refractivity contribution >= 4 is 11.9 Å². The molecular formula is C22H24O6.